The Labute approximate surface area is 248 Å². The Bertz CT molecular complexity index is 1270. The summed E-state index contributed by atoms with van der Waals surface area (Å²) < 4.78 is 6.49. The number of aryl methyl sites for hydroxylation is 2. The van der Waals surface area contributed by atoms with Gasteiger partial charge in [0.05, 0.1) is 11.6 Å². The molecule has 4 atom stereocenters. The predicted octanol–water partition coefficient (Wildman–Crippen LogP) is 2.14. The van der Waals surface area contributed by atoms with Crippen LogP contribution in [0.3, 0.4) is 0 Å². The van der Waals surface area contributed by atoms with Crippen molar-refractivity contribution in [3.05, 3.63) is 65.2 Å². The molecule has 42 heavy (non-hydrogen) atoms. The van der Waals surface area contributed by atoms with Crippen LogP contribution < -0.4 is 20.7 Å². The molecule has 3 unspecified atom stereocenters. The van der Waals surface area contributed by atoms with Crippen molar-refractivity contribution in [2.45, 2.75) is 88.6 Å². The van der Waals surface area contributed by atoms with Gasteiger partial charge >= 0.3 is 0 Å². The van der Waals surface area contributed by atoms with Crippen molar-refractivity contribution in [1.82, 2.24) is 20.9 Å². The summed E-state index contributed by atoms with van der Waals surface area (Å²) in [7, 11) is 1.56. The number of hydrogen-bond donors (Lipinski definition) is 4. The highest BCUT2D eigenvalue weighted by molar-refractivity contribution is 5.94. The van der Waals surface area contributed by atoms with E-state index < -0.39 is 29.6 Å². The molecule has 226 valence electrons. The maximum absolute atomic E-state index is 13.9. The van der Waals surface area contributed by atoms with Crippen LogP contribution in [-0.2, 0) is 33.6 Å². The van der Waals surface area contributed by atoms with Crippen LogP contribution in [0.2, 0.25) is 0 Å². The molecule has 0 aromatic heterocycles. The SMILES string of the molecule is CN1C(=O)C(C2CC2)NCC2CCc3cccc(c3O2)CCCNC(=O)[C@@H](Cc2ccccc2)NC(=O)C1C(C)(C)O. The van der Waals surface area contributed by atoms with Crippen LogP contribution in [0, 0.1) is 5.92 Å². The summed E-state index contributed by atoms with van der Waals surface area (Å²) in [6.45, 7) is 3.99. The summed E-state index contributed by atoms with van der Waals surface area (Å²) in [6.07, 6.45) is 5.26. The van der Waals surface area contributed by atoms with Crippen LogP contribution in [-0.4, -0.2) is 77.7 Å². The van der Waals surface area contributed by atoms with E-state index in [1.54, 1.807) is 7.05 Å². The molecule has 0 spiro atoms. The number of carbonyl (C=O) groups is 3. The van der Waals surface area contributed by atoms with Gasteiger partial charge in [-0.3, -0.25) is 14.4 Å². The second-order valence-corrected chi connectivity index (χ2v) is 12.6. The van der Waals surface area contributed by atoms with Gasteiger partial charge in [0.1, 0.15) is 23.9 Å². The average Bonchev–Trinajstić information content (AvgIpc) is 3.80. The minimum atomic E-state index is -1.55. The van der Waals surface area contributed by atoms with Gasteiger partial charge in [-0.15, -0.1) is 0 Å². The standard InChI is InChI=1S/C33H44N4O5/c1-33(2,41)29-31(39)36-26(19-21-9-5-4-6-10-21)30(38)34-18-8-13-23-11-7-12-24-16-17-25(42-28(23)24)20-35-27(22-14-15-22)32(40)37(29)3/h4-7,9-12,22,25-27,29,35,41H,8,13-20H2,1-3H3,(H,34,38)(H,36,39)/t25?,26-,27?,29?/m1/s1. The molecule has 4 N–H and O–H groups in total. The number of carbonyl (C=O) groups excluding carboxylic acids is 3. The molecule has 0 radical (unpaired) electrons. The van der Waals surface area contributed by atoms with Crippen LogP contribution in [0.4, 0.5) is 0 Å². The predicted molar refractivity (Wildman–Crippen MR) is 160 cm³/mol. The molecule has 2 heterocycles. The molecule has 5 rings (SSSR count). The molecular formula is C33H44N4O5. The lowest BCUT2D eigenvalue weighted by Gasteiger charge is -2.38. The van der Waals surface area contributed by atoms with E-state index in [2.05, 4.69) is 34.1 Å². The summed E-state index contributed by atoms with van der Waals surface area (Å²) >= 11 is 0. The van der Waals surface area contributed by atoms with E-state index in [1.807, 2.05) is 30.3 Å². The molecule has 2 aromatic carbocycles. The maximum Gasteiger partial charge on any atom is 0.246 e. The smallest absolute Gasteiger partial charge is 0.246 e. The zero-order valence-corrected chi connectivity index (χ0v) is 24.9. The monoisotopic (exact) mass is 576 g/mol. The number of benzene rings is 2. The fraction of sp³-hybridized carbons (Fsp3) is 0.545. The van der Waals surface area contributed by atoms with Gasteiger partial charge in [-0.1, -0.05) is 48.5 Å². The first-order valence-corrected chi connectivity index (χ1v) is 15.2. The second kappa shape index (κ2) is 12.8. The number of nitrogens with zero attached hydrogens (tertiary/aromatic N) is 1. The topological polar surface area (TPSA) is 120 Å². The number of hydrogen-bond acceptors (Lipinski definition) is 6. The number of nitrogens with one attached hydrogen (secondary N) is 3. The van der Waals surface area contributed by atoms with Crippen molar-refractivity contribution in [1.29, 1.82) is 0 Å². The highest BCUT2D eigenvalue weighted by atomic mass is 16.5. The van der Waals surface area contributed by atoms with Gasteiger partial charge in [-0.25, -0.2) is 0 Å². The molecule has 2 aromatic rings. The van der Waals surface area contributed by atoms with E-state index in [-0.39, 0.29) is 30.3 Å². The molecule has 3 aliphatic rings. The van der Waals surface area contributed by atoms with E-state index in [0.717, 1.165) is 49.0 Å². The zero-order valence-electron chi connectivity index (χ0n) is 24.9. The Morgan fingerprint density at radius 3 is 2.36 bits per heavy atom. The summed E-state index contributed by atoms with van der Waals surface area (Å²) in [6, 6.07) is 13.2. The molecule has 1 fully saturated rings. The van der Waals surface area contributed by atoms with E-state index in [0.29, 0.717) is 19.5 Å². The van der Waals surface area contributed by atoms with Gasteiger partial charge < -0.3 is 30.7 Å². The molecule has 3 amide bonds. The highest BCUT2D eigenvalue weighted by Gasteiger charge is 2.45. The fourth-order valence-corrected chi connectivity index (χ4v) is 6.25. The van der Waals surface area contributed by atoms with Crippen LogP contribution in [0.25, 0.3) is 0 Å². The van der Waals surface area contributed by atoms with Crippen molar-refractivity contribution in [3.63, 3.8) is 0 Å². The van der Waals surface area contributed by atoms with Crippen LogP contribution in [0.1, 0.15) is 56.2 Å². The number of para-hydroxylation sites is 1. The van der Waals surface area contributed by atoms with Crippen molar-refractivity contribution >= 4 is 17.7 Å². The van der Waals surface area contributed by atoms with Crippen molar-refractivity contribution in [2.75, 3.05) is 20.1 Å². The summed E-state index contributed by atoms with van der Waals surface area (Å²) in [5, 5.41) is 20.5. The van der Waals surface area contributed by atoms with Gasteiger partial charge in [0.2, 0.25) is 17.7 Å². The second-order valence-electron chi connectivity index (χ2n) is 12.6. The van der Waals surface area contributed by atoms with E-state index in [1.165, 1.54) is 24.3 Å². The Kier molecular flexibility index (Phi) is 9.18. The number of fused-ring (bicyclic) bond motifs is 1. The first-order valence-electron chi connectivity index (χ1n) is 15.2. The number of amides is 3. The van der Waals surface area contributed by atoms with Gasteiger partial charge in [0, 0.05) is 26.6 Å². The van der Waals surface area contributed by atoms with Gasteiger partial charge in [-0.05, 0) is 75.0 Å². The minimum absolute atomic E-state index is 0.0799. The normalized spacial score (nSPS) is 26.4. The molecular weight excluding hydrogens is 532 g/mol. The Morgan fingerprint density at radius 2 is 1.67 bits per heavy atom. The largest absolute Gasteiger partial charge is 0.489 e. The first kappa shape index (κ1) is 30.0. The lowest BCUT2D eigenvalue weighted by Crippen LogP contribution is -2.63. The summed E-state index contributed by atoms with van der Waals surface area (Å²) in [5.41, 5.74) is 1.65. The Morgan fingerprint density at radius 1 is 0.952 bits per heavy atom. The number of likely N-dealkylation sites (N-methyl/N-ethyl adjacent to an activating group) is 1. The molecule has 1 aliphatic carbocycles. The lowest BCUT2D eigenvalue weighted by molar-refractivity contribution is -0.150. The van der Waals surface area contributed by atoms with Gasteiger partial charge in [0.15, 0.2) is 0 Å². The maximum atomic E-state index is 13.9. The Balaban J connectivity index is 1.45. The molecule has 1 saturated carbocycles. The third-order valence-electron chi connectivity index (χ3n) is 8.61. The number of rotatable bonds is 4. The van der Waals surface area contributed by atoms with E-state index in [4.69, 9.17) is 4.74 Å². The Hall–Kier alpha value is -3.43. The van der Waals surface area contributed by atoms with Gasteiger partial charge in [-0.2, -0.15) is 0 Å². The van der Waals surface area contributed by atoms with E-state index in [9.17, 15) is 19.5 Å². The average molecular weight is 577 g/mol. The first-order chi connectivity index (χ1) is 20.1. The molecule has 2 bridgehead atoms. The van der Waals surface area contributed by atoms with Gasteiger partial charge in [0.25, 0.3) is 0 Å². The van der Waals surface area contributed by atoms with Crippen molar-refractivity contribution < 1.29 is 24.2 Å². The molecule has 9 heteroatoms. The van der Waals surface area contributed by atoms with Crippen molar-refractivity contribution in [3.8, 4) is 5.75 Å². The number of aliphatic hydroxyl groups is 1. The van der Waals surface area contributed by atoms with Crippen LogP contribution >= 0.6 is 0 Å². The molecule has 9 nitrogen and oxygen atoms in total. The van der Waals surface area contributed by atoms with Crippen LogP contribution in [0.15, 0.2) is 48.5 Å². The third-order valence-corrected chi connectivity index (χ3v) is 8.61. The lowest BCUT2D eigenvalue weighted by atomic mass is 9.94. The third kappa shape index (κ3) is 7.13. The summed E-state index contributed by atoms with van der Waals surface area (Å²) in [4.78, 5) is 42.5. The minimum Gasteiger partial charge on any atom is -0.489 e. The number of ether oxygens (including phenoxy) is 1. The zero-order chi connectivity index (χ0) is 29.9. The fourth-order valence-electron chi connectivity index (χ4n) is 6.25. The summed E-state index contributed by atoms with van der Waals surface area (Å²) in [5.74, 6) is -0.0328. The van der Waals surface area contributed by atoms with E-state index >= 15 is 0 Å². The highest BCUT2D eigenvalue weighted by Crippen LogP contribution is 2.35. The molecule has 2 aliphatic heterocycles. The molecule has 0 saturated heterocycles. The van der Waals surface area contributed by atoms with Crippen molar-refractivity contribution in [2.24, 2.45) is 5.92 Å². The van der Waals surface area contributed by atoms with Crippen LogP contribution in [0.5, 0.6) is 5.75 Å². The quantitative estimate of drug-likeness (QED) is 0.443.